The van der Waals surface area contributed by atoms with Crippen LogP contribution in [0.3, 0.4) is 0 Å². The molecule has 3 heterocycles. The quantitative estimate of drug-likeness (QED) is 0.589. The van der Waals surface area contributed by atoms with Gasteiger partial charge in [-0.2, -0.15) is 9.61 Å². The lowest BCUT2D eigenvalue weighted by molar-refractivity contribution is -0.140. The Labute approximate surface area is 144 Å². The minimum absolute atomic E-state index is 0.0955. The normalized spacial score (nSPS) is 12.5. The first-order valence-corrected chi connectivity index (χ1v) is 7.57. The molecule has 3 aromatic heterocycles. The lowest BCUT2D eigenvalue weighted by Crippen LogP contribution is -2.29. The molecule has 1 aromatic carbocycles. The number of benzene rings is 1. The van der Waals surface area contributed by atoms with E-state index in [1.54, 1.807) is 12.1 Å². The topological polar surface area (TPSA) is 115 Å². The molecule has 0 amide bonds. The molecule has 0 radical (unpaired) electrons. The number of carbonyl (C=O) groups is 1. The number of aliphatic carboxylic acids is 1. The van der Waals surface area contributed by atoms with Crippen LogP contribution in [0.4, 0.5) is 4.39 Å². The van der Waals surface area contributed by atoms with Crippen molar-refractivity contribution in [1.29, 1.82) is 0 Å². The van der Waals surface area contributed by atoms with Crippen LogP contribution in [-0.2, 0) is 4.79 Å². The van der Waals surface area contributed by atoms with Gasteiger partial charge in [-0.3, -0.25) is 9.36 Å². The summed E-state index contributed by atoms with van der Waals surface area (Å²) in [5, 5.41) is 21.2. The van der Waals surface area contributed by atoms with E-state index in [0.29, 0.717) is 16.8 Å². The fraction of sp³-hybridized carbons (Fsp3) is 0.125. The van der Waals surface area contributed by atoms with Crippen molar-refractivity contribution in [2.75, 3.05) is 0 Å². The van der Waals surface area contributed by atoms with Gasteiger partial charge < -0.3 is 5.11 Å². The molecule has 0 saturated heterocycles. The Morgan fingerprint density at radius 1 is 1.19 bits per heavy atom. The zero-order valence-corrected chi connectivity index (χ0v) is 13.4. The monoisotopic (exact) mass is 354 g/mol. The van der Waals surface area contributed by atoms with Crippen LogP contribution in [0, 0.1) is 5.82 Å². The molecular weight excluding hydrogens is 343 g/mol. The van der Waals surface area contributed by atoms with Gasteiger partial charge in [0.25, 0.3) is 5.56 Å². The number of rotatable bonds is 3. The molecule has 0 aliphatic rings. The third kappa shape index (κ3) is 2.31. The fourth-order valence-corrected chi connectivity index (χ4v) is 2.61. The third-order valence-corrected chi connectivity index (χ3v) is 4.07. The first-order valence-electron chi connectivity index (χ1n) is 7.57. The van der Waals surface area contributed by atoms with E-state index in [2.05, 4.69) is 20.3 Å². The van der Waals surface area contributed by atoms with Crippen molar-refractivity contribution in [3.63, 3.8) is 0 Å². The highest BCUT2D eigenvalue weighted by molar-refractivity contribution is 5.81. The average Bonchev–Trinajstić information content (AvgIpc) is 3.06. The van der Waals surface area contributed by atoms with Gasteiger partial charge in [-0.25, -0.2) is 14.2 Å². The summed E-state index contributed by atoms with van der Waals surface area (Å²) in [6.45, 7) is 1.36. The van der Waals surface area contributed by atoms with Crippen LogP contribution in [0.5, 0.6) is 0 Å². The molecule has 0 bridgehead atoms. The number of nitrogens with zero attached hydrogens (tertiary/aromatic N) is 6. The summed E-state index contributed by atoms with van der Waals surface area (Å²) in [5.41, 5.74) is 1.06. The van der Waals surface area contributed by atoms with Crippen molar-refractivity contribution in [3.8, 4) is 11.1 Å². The molecule has 9 nitrogen and oxygen atoms in total. The second-order valence-electron chi connectivity index (χ2n) is 5.64. The van der Waals surface area contributed by atoms with E-state index in [1.807, 2.05) is 0 Å². The summed E-state index contributed by atoms with van der Waals surface area (Å²) < 4.78 is 15.4. The molecule has 0 spiro atoms. The van der Waals surface area contributed by atoms with Gasteiger partial charge in [0.1, 0.15) is 18.2 Å². The second kappa shape index (κ2) is 5.69. The Kier molecular flexibility index (Phi) is 3.46. The molecule has 0 aliphatic heterocycles. The minimum Gasteiger partial charge on any atom is -0.480 e. The number of aromatic nitrogens is 6. The van der Waals surface area contributed by atoms with Crippen LogP contribution in [0.15, 0.2) is 41.6 Å². The fourth-order valence-electron chi connectivity index (χ4n) is 2.61. The SMILES string of the molecule is CC(C(=O)O)n1cnc2c(nnc3c(-c4ccc(F)cc4)cnn32)c1=O. The van der Waals surface area contributed by atoms with E-state index in [0.717, 1.165) is 10.9 Å². The lowest BCUT2D eigenvalue weighted by Gasteiger charge is -2.10. The highest BCUT2D eigenvalue weighted by atomic mass is 19.1. The van der Waals surface area contributed by atoms with Crippen LogP contribution in [0.25, 0.3) is 27.9 Å². The predicted octanol–water partition coefficient (Wildman–Crippen LogP) is 1.29. The Hall–Kier alpha value is -3.69. The van der Waals surface area contributed by atoms with Gasteiger partial charge in [0.15, 0.2) is 16.8 Å². The predicted molar refractivity (Wildman–Crippen MR) is 88.1 cm³/mol. The summed E-state index contributed by atoms with van der Waals surface area (Å²) >= 11 is 0. The largest absolute Gasteiger partial charge is 0.480 e. The molecule has 0 fully saturated rings. The molecule has 1 atom stereocenters. The first-order chi connectivity index (χ1) is 12.5. The molecule has 10 heteroatoms. The Balaban J connectivity index is 1.94. The van der Waals surface area contributed by atoms with Crippen LogP contribution < -0.4 is 5.56 Å². The molecule has 4 aromatic rings. The molecule has 4 rings (SSSR count). The number of fused-ring (bicyclic) bond motifs is 3. The summed E-state index contributed by atoms with van der Waals surface area (Å²) in [4.78, 5) is 27.8. The summed E-state index contributed by atoms with van der Waals surface area (Å²) in [6.07, 6.45) is 2.66. The zero-order valence-electron chi connectivity index (χ0n) is 13.4. The Bertz CT molecular complexity index is 1210. The van der Waals surface area contributed by atoms with Gasteiger partial charge in [-0.15, -0.1) is 10.2 Å². The van der Waals surface area contributed by atoms with E-state index in [1.165, 1.54) is 29.8 Å². The summed E-state index contributed by atoms with van der Waals surface area (Å²) in [5.74, 6) is -1.53. The van der Waals surface area contributed by atoms with Crippen molar-refractivity contribution >= 4 is 22.8 Å². The maximum Gasteiger partial charge on any atom is 0.326 e. The van der Waals surface area contributed by atoms with Crippen molar-refractivity contribution in [2.45, 2.75) is 13.0 Å². The van der Waals surface area contributed by atoms with Crippen LogP contribution >= 0.6 is 0 Å². The maximum absolute atomic E-state index is 13.1. The Morgan fingerprint density at radius 3 is 2.62 bits per heavy atom. The third-order valence-electron chi connectivity index (χ3n) is 4.07. The highest BCUT2D eigenvalue weighted by Crippen LogP contribution is 2.24. The van der Waals surface area contributed by atoms with E-state index in [4.69, 9.17) is 5.11 Å². The van der Waals surface area contributed by atoms with Crippen molar-refractivity contribution < 1.29 is 14.3 Å². The molecule has 0 saturated carbocycles. The van der Waals surface area contributed by atoms with E-state index < -0.39 is 17.6 Å². The van der Waals surface area contributed by atoms with E-state index in [-0.39, 0.29) is 17.0 Å². The van der Waals surface area contributed by atoms with Gasteiger partial charge in [-0.05, 0) is 24.6 Å². The highest BCUT2D eigenvalue weighted by Gasteiger charge is 2.20. The van der Waals surface area contributed by atoms with Crippen molar-refractivity contribution in [2.24, 2.45) is 0 Å². The molecule has 130 valence electrons. The Morgan fingerprint density at radius 2 is 1.92 bits per heavy atom. The van der Waals surface area contributed by atoms with Crippen LogP contribution in [-0.4, -0.2) is 40.4 Å². The number of halogens is 1. The van der Waals surface area contributed by atoms with E-state index >= 15 is 0 Å². The van der Waals surface area contributed by atoms with Gasteiger partial charge in [-0.1, -0.05) is 12.1 Å². The molecule has 0 aliphatic carbocycles. The molecular formula is C16H11FN6O3. The van der Waals surface area contributed by atoms with Gasteiger partial charge in [0.05, 0.1) is 6.20 Å². The van der Waals surface area contributed by atoms with Crippen molar-refractivity contribution in [1.82, 2.24) is 29.4 Å². The van der Waals surface area contributed by atoms with Crippen LogP contribution in [0.1, 0.15) is 13.0 Å². The van der Waals surface area contributed by atoms with Crippen LogP contribution in [0.2, 0.25) is 0 Å². The van der Waals surface area contributed by atoms with Gasteiger partial charge in [0.2, 0.25) is 0 Å². The van der Waals surface area contributed by atoms with E-state index in [9.17, 15) is 14.0 Å². The first kappa shape index (κ1) is 15.8. The summed E-state index contributed by atoms with van der Waals surface area (Å²) in [7, 11) is 0. The number of carboxylic acid groups (broad SMARTS) is 1. The molecule has 1 N–H and O–H groups in total. The lowest BCUT2D eigenvalue weighted by atomic mass is 10.1. The smallest absolute Gasteiger partial charge is 0.326 e. The number of carboxylic acids is 1. The minimum atomic E-state index is -1.17. The summed E-state index contributed by atoms with van der Waals surface area (Å²) in [6, 6.07) is 4.70. The van der Waals surface area contributed by atoms with Gasteiger partial charge >= 0.3 is 5.97 Å². The zero-order chi connectivity index (χ0) is 18.4. The number of hydrogen-bond donors (Lipinski definition) is 1. The second-order valence-corrected chi connectivity index (χ2v) is 5.64. The molecule has 1 unspecified atom stereocenters. The van der Waals surface area contributed by atoms with Gasteiger partial charge in [0, 0.05) is 5.56 Å². The maximum atomic E-state index is 13.1. The van der Waals surface area contributed by atoms with Crippen molar-refractivity contribution in [3.05, 3.63) is 53.0 Å². The average molecular weight is 354 g/mol. The number of hydrogen-bond acceptors (Lipinski definition) is 6. The standard InChI is InChI=1S/C16H11FN6O3/c1-8(16(25)26)22-7-18-14-12(15(22)24)20-21-13-11(6-19-23(13)14)9-2-4-10(17)5-3-9/h2-8H,1H3,(H,25,26). The molecule has 26 heavy (non-hydrogen) atoms.